The first-order chi connectivity index (χ1) is 7.54. The summed E-state index contributed by atoms with van der Waals surface area (Å²) in [5, 5.41) is 2.80. The second kappa shape index (κ2) is 6.25. The van der Waals surface area contributed by atoms with Crippen molar-refractivity contribution in [1.29, 1.82) is 0 Å². The van der Waals surface area contributed by atoms with Crippen LogP contribution in [-0.4, -0.2) is 24.0 Å². The summed E-state index contributed by atoms with van der Waals surface area (Å²) in [6, 6.07) is 4.43. The minimum atomic E-state index is -0.426. The molecule has 0 spiro atoms. The highest BCUT2D eigenvalue weighted by Gasteiger charge is 2.11. The van der Waals surface area contributed by atoms with Crippen LogP contribution in [0.3, 0.4) is 0 Å². The molecule has 1 unspecified atom stereocenters. The van der Waals surface area contributed by atoms with Crippen LogP contribution in [0.1, 0.15) is 17.3 Å². The molecule has 1 aromatic rings. The first-order valence-corrected chi connectivity index (χ1v) is 6.98. The van der Waals surface area contributed by atoms with E-state index in [1.54, 1.807) is 17.8 Å². The standard InChI is InChI=1S/C11H13BrFNOS/c1-7(6-16-2)14-11(15)8-3-4-9(12)10(13)5-8/h3-5,7H,6H2,1-2H3,(H,14,15). The lowest BCUT2D eigenvalue weighted by Crippen LogP contribution is -2.34. The number of carbonyl (C=O) groups is 1. The van der Waals surface area contributed by atoms with Gasteiger partial charge in [0.1, 0.15) is 5.82 Å². The molecule has 5 heteroatoms. The Morgan fingerprint density at radius 2 is 2.31 bits per heavy atom. The van der Waals surface area contributed by atoms with Crippen molar-refractivity contribution in [2.45, 2.75) is 13.0 Å². The molecule has 0 aliphatic heterocycles. The maximum absolute atomic E-state index is 13.2. The third-order valence-electron chi connectivity index (χ3n) is 1.98. The largest absolute Gasteiger partial charge is 0.349 e. The average Bonchev–Trinajstić information content (AvgIpc) is 2.22. The molecule has 0 aliphatic rings. The van der Waals surface area contributed by atoms with Gasteiger partial charge in [0.25, 0.3) is 5.91 Å². The first-order valence-electron chi connectivity index (χ1n) is 4.79. The van der Waals surface area contributed by atoms with Crippen LogP contribution in [0.5, 0.6) is 0 Å². The van der Waals surface area contributed by atoms with Crippen LogP contribution >= 0.6 is 27.7 Å². The average molecular weight is 306 g/mol. The highest BCUT2D eigenvalue weighted by molar-refractivity contribution is 9.10. The Hall–Kier alpha value is -0.550. The quantitative estimate of drug-likeness (QED) is 0.926. The number of rotatable bonds is 4. The summed E-state index contributed by atoms with van der Waals surface area (Å²) in [6.07, 6.45) is 1.97. The predicted octanol–water partition coefficient (Wildman–Crippen LogP) is 3.07. The van der Waals surface area contributed by atoms with Crippen molar-refractivity contribution in [2.75, 3.05) is 12.0 Å². The first kappa shape index (κ1) is 13.5. The number of carbonyl (C=O) groups excluding carboxylic acids is 1. The lowest BCUT2D eigenvalue weighted by molar-refractivity contribution is 0.0943. The zero-order valence-corrected chi connectivity index (χ0v) is 11.5. The molecule has 1 aromatic carbocycles. The molecular weight excluding hydrogens is 293 g/mol. The minimum absolute atomic E-state index is 0.0780. The van der Waals surface area contributed by atoms with Crippen LogP contribution in [0.25, 0.3) is 0 Å². The summed E-state index contributed by atoms with van der Waals surface area (Å²) in [7, 11) is 0. The van der Waals surface area contributed by atoms with E-state index in [2.05, 4.69) is 21.2 Å². The molecule has 0 bridgehead atoms. The van der Waals surface area contributed by atoms with Gasteiger partial charge >= 0.3 is 0 Å². The van der Waals surface area contributed by atoms with E-state index in [0.717, 1.165) is 5.75 Å². The topological polar surface area (TPSA) is 29.1 Å². The van der Waals surface area contributed by atoms with Crippen LogP contribution in [0, 0.1) is 5.82 Å². The van der Waals surface area contributed by atoms with Crippen molar-refractivity contribution in [2.24, 2.45) is 0 Å². The second-order valence-corrected chi connectivity index (χ2v) is 5.22. The molecule has 1 rings (SSSR count). The summed E-state index contributed by atoms with van der Waals surface area (Å²) in [6.45, 7) is 1.92. The van der Waals surface area contributed by atoms with Crippen molar-refractivity contribution in [1.82, 2.24) is 5.32 Å². The molecule has 88 valence electrons. The number of amides is 1. The molecule has 0 aliphatic carbocycles. The van der Waals surface area contributed by atoms with E-state index in [0.29, 0.717) is 10.0 Å². The molecule has 1 N–H and O–H groups in total. The molecule has 1 amide bonds. The summed E-state index contributed by atoms with van der Waals surface area (Å²) in [4.78, 5) is 11.7. The van der Waals surface area contributed by atoms with Crippen molar-refractivity contribution >= 4 is 33.6 Å². The lowest BCUT2D eigenvalue weighted by Gasteiger charge is -2.12. The highest BCUT2D eigenvalue weighted by atomic mass is 79.9. The van der Waals surface area contributed by atoms with E-state index >= 15 is 0 Å². The van der Waals surface area contributed by atoms with Gasteiger partial charge in [0.05, 0.1) is 4.47 Å². The van der Waals surface area contributed by atoms with Gasteiger partial charge < -0.3 is 5.32 Å². The Morgan fingerprint density at radius 3 is 2.88 bits per heavy atom. The number of benzene rings is 1. The number of thioether (sulfide) groups is 1. The second-order valence-electron chi connectivity index (χ2n) is 3.46. The van der Waals surface area contributed by atoms with Gasteiger partial charge in [-0.15, -0.1) is 0 Å². The molecular formula is C11H13BrFNOS. The van der Waals surface area contributed by atoms with E-state index < -0.39 is 5.82 Å². The number of halogens is 2. The molecule has 0 saturated carbocycles. The highest BCUT2D eigenvalue weighted by Crippen LogP contribution is 2.16. The van der Waals surface area contributed by atoms with Gasteiger partial charge in [-0.05, 0) is 47.3 Å². The Kier molecular flexibility index (Phi) is 5.28. The van der Waals surface area contributed by atoms with Crippen molar-refractivity contribution in [3.8, 4) is 0 Å². The van der Waals surface area contributed by atoms with Gasteiger partial charge in [-0.2, -0.15) is 11.8 Å². The molecule has 1 atom stereocenters. The smallest absolute Gasteiger partial charge is 0.251 e. The van der Waals surface area contributed by atoms with Crippen LogP contribution in [-0.2, 0) is 0 Å². The van der Waals surface area contributed by atoms with Gasteiger partial charge in [0.15, 0.2) is 0 Å². The maximum Gasteiger partial charge on any atom is 0.251 e. The van der Waals surface area contributed by atoms with E-state index in [9.17, 15) is 9.18 Å². The predicted molar refractivity (Wildman–Crippen MR) is 69.4 cm³/mol. The minimum Gasteiger partial charge on any atom is -0.349 e. The van der Waals surface area contributed by atoms with E-state index in [1.807, 2.05) is 13.2 Å². The van der Waals surface area contributed by atoms with E-state index in [-0.39, 0.29) is 11.9 Å². The Balaban J connectivity index is 2.69. The Labute approximate surface area is 107 Å². The van der Waals surface area contributed by atoms with E-state index in [1.165, 1.54) is 12.1 Å². The van der Waals surface area contributed by atoms with Crippen molar-refractivity contribution in [3.05, 3.63) is 34.1 Å². The van der Waals surface area contributed by atoms with Crippen LogP contribution in [0.2, 0.25) is 0 Å². The molecule has 0 radical (unpaired) electrons. The summed E-state index contributed by atoms with van der Waals surface area (Å²) in [5.74, 6) is 0.170. The van der Waals surface area contributed by atoms with Crippen LogP contribution < -0.4 is 5.32 Å². The molecule has 0 aromatic heterocycles. The zero-order valence-electron chi connectivity index (χ0n) is 9.09. The fraction of sp³-hybridized carbons (Fsp3) is 0.364. The van der Waals surface area contributed by atoms with Gasteiger partial charge in [-0.25, -0.2) is 4.39 Å². The molecule has 0 heterocycles. The third-order valence-corrected chi connectivity index (χ3v) is 3.45. The summed E-state index contributed by atoms with van der Waals surface area (Å²) in [5.41, 5.74) is 0.341. The normalized spacial score (nSPS) is 12.2. The SMILES string of the molecule is CSCC(C)NC(=O)c1ccc(Br)c(F)c1. The fourth-order valence-corrected chi connectivity index (χ4v) is 2.07. The van der Waals surface area contributed by atoms with Crippen LogP contribution in [0.4, 0.5) is 4.39 Å². The van der Waals surface area contributed by atoms with Gasteiger partial charge in [-0.1, -0.05) is 0 Å². The zero-order chi connectivity index (χ0) is 12.1. The molecule has 0 saturated heterocycles. The van der Waals surface area contributed by atoms with Crippen LogP contribution in [0.15, 0.2) is 22.7 Å². The molecule has 2 nitrogen and oxygen atoms in total. The summed E-state index contributed by atoms with van der Waals surface area (Å²) >= 11 is 4.70. The van der Waals surface area contributed by atoms with E-state index in [4.69, 9.17) is 0 Å². The molecule has 16 heavy (non-hydrogen) atoms. The number of hydrogen-bond donors (Lipinski definition) is 1. The van der Waals surface area contributed by atoms with Gasteiger partial charge in [0.2, 0.25) is 0 Å². The number of hydrogen-bond acceptors (Lipinski definition) is 2. The van der Waals surface area contributed by atoms with Crippen molar-refractivity contribution in [3.63, 3.8) is 0 Å². The third kappa shape index (κ3) is 3.79. The van der Waals surface area contributed by atoms with Gasteiger partial charge in [-0.3, -0.25) is 4.79 Å². The maximum atomic E-state index is 13.2. The summed E-state index contributed by atoms with van der Waals surface area (Å²) < 4.78 is 13.6. The Morgan fingerprint density at radius 1 is 1.62 bits per heavy atom. The number of nitrogens with one attached hydrogen (secondary N) is 1. The fourth-order valence-electron chi connectivity index (χ4n) is 1.24. The Bertz CT molecular complexity index is 386. The van der Waals surface area contributed by atoms with Gasteiger partial charge in [0, 0.05) is 17.4 Å². The molecule has 0 fully saturated rings. The monoisotopic (exact) mass is 305 g/mol. The van der Waals surface area contributed by atoms with Crippen molar-refractivity contribution < 1.29 is 9.18 Å². The lowest BCUT2D eigenvalue weighted by atomic mass is 10.2.